The maximum Gasteiger partial charge on any atom is 0.312 e. The molecule has 0 bridgehead atoms. The lowest BCUT2D eigenvalue weighted by Crippen LogP contribution is -2.32. The number of nitrogens with one attached hydrogen (secondary N) is 2. The van der Waals surface area contributed by atoms with E-state index >= 15 is 0 Å². The molecule has 2 N–H and O–H groups in total. The monoisotopic (exact) mass is 315 g/mol. The lowest BCUT2D eigenvalue weighted by atomic mass is 10.3. The first-order valence-electron chi connectivity index (χ1n) is 6.49. The van der Waals surface area contributed by atoms with Gasteiger partial charge in [-0.2, -0.15) is 0 Å². The van der Waals surface area contributed by atoms with Crippen LogP contribution in [0.3, 0.4) is 0 Å². The van der Waals surface area contributed by atoms with E-state index in [4.69, 9.17) is 4.74 Å². The van der Waals surface area contributed by atoms with Crippen LogP contribution in [-0.4, -0.2) is 39.6 Å². The van der Waals surface area contributed by atoms with Gasteiger partial charge in [-0.25, -0.2) is 13.1 Å². The summed E-state index contributed by atoms with van der Waals surface area (Å²) in [5.74, 6) is 0.0225. The predicted octanol–water partition coefficient (Wildman–Crippen LogP) is 0.634. The van der Waals surface area contributed by atoms with Gasteiger partial charge >= 0.3 is 5.69 Å². The van der Waals surface area contributed by atoms with E-state index in [1.54, 1.807) is 0 Å². The highest BCUT2D eigenvalue weighted by Crippen LogP contribution is 2.29. The maximum absolute atomic E-state index is 12.1. The van der Waals surface area contributed by atoms with Crippen LogP contribution in [0.5, 0.6) is 5.75 Å². The average Bonchev–Trinajstić information content (AvgIpc) is 3.27. The summed E-state index contributed by atoms with van der Waals surface area (Å²) < 4.78 is 31.4. The Bertz CT molecular complexity index is 628. The van der Waals surface area contributed by atoms with Gasteiger partial charge in [-0.3, -0.25) is 10.1 Å². The summed E-state index contributed by atoms with van der Waals surface area (Å²) in [6.45, 7) is 0.765. The molecule has 0 saturated heterocycles. The Labute approximate surface area is 122 Å². The number of nitro groups is 1. The molecule has 0 aliphatic heterocycles. The first kappa shape index (κ1) is 15.7. The van der Waals surface area contributed by atoms with Crippen molar-refractivity contribution in [1.82, 2.24) is 10.0 Å². The highest BCUT2D eigenvalue weighted by atomic mass is 32.2. The molecule has 116 valence electrons. The summed E-state index contributed by atoms with van der Waals surface area (Å²) in [5.41, 5.74) is -0.378. The minimum absolute atomic E-state index is 0.0225. The number of methoxy groups -OCH3 is 1. The molecule has 0 radical (unpaired) electrons. The van der Waals surface area contributed by atoms with Crippen LogP contribution in [0.4, 0.5) is 5.69 Å². The zero-order chi connectivity index (χ0) is 15.5. The van der Waals surface area contributed by atoms with Gasteiger partial charge in [0.15, 0.2) is 5.75 Å². The molecule has 0 atom stereocenters. The summed E-state index contributed by atoms with van der Waals surface area (Å²) in [5, 5.41) is 14.1. The molecule has 0 spiro atoms. The van der Waals surface area contributed by atoms with Gasteiger partial charge in [0.2, 0.25) is 10.0 Å². The SMILES string of the molecule is COc1ccc(S(=O)(=O)NCCNC2CC2)cc1[N+](=O)[O-]. The Morgan fingerprint density at radius 2 is 2.10 bits per heavy atom. The van der Waals surface area contributed by atoms with Crippen LogP contribution < -0.4 is 14.8 Å². The molecule has 21 heavy (non-hydrogen) atoms. The number of nitro benzene ring substituents is 1. The summed E-state index contributed by atoms with van der Waals surface area (Å²) in [6, 6.07) is 4.05. The molecule has 1 aromatic carbocycles. The van der Waals surface area contributed by atoms with Gasteiger partial charge in [-0.1, -0.05) is 0 Å². The van der Waals surface area contributed by atoms with Crippen molar-refractivity contribution in [1.29, 1.82) is 0 Å². The van der Waals surface area contributed by atoms with Crippen LogP contribution >= 0.6 is 0 Å². The van der Waals surface area contributed by atoms with Gasteiger partial charge in [0, 0.05) is 25.2 Å². The van der Waals surface area contributed by atoms with E-state index in [0.29, 0.717) is 12.6 Å². The molecule has 1 aliphatic rings. The van der Waals surface area contributed by atoms with Crippen molar-refractivity contribution in [2.75, 3.05) is 20.2 Å². The Balaban J connectivity index is 2.07. The van der Waals surface area contributed by atoms with Crippen LogP contribution in [0.25, 0.3) is 0 Å². The van der Waals surface area contributed by atoms with Crippen molar-refractivity contribution in [3.63, 3.8) is 0 Å². The molecule has 0 aromatic heterocycles. The third-order valence-electron chi connectivity index (χ3n) is 3.08. The van der Waals surface area contributed by atoms with Crippen LogP contribution in [0.1, 0.15) is 12.8 Å². The third-order valence-corrected chi connectivity index (χ3v) is 4.54. The lowest BCUT2D eigenvalue weighted by molar-refractivity contribution is -0.386. The smallest absolute Gasteiger partial charge is 0.312 e. The molecule has 0 heterocycles. The molecule has 1 saturated carbocycles. The van der Waals surface area contributed by atoms with Crippen molar-refractivity contribution in [2.45, 2.75) is 23.8 Å². The largest absolute Gasteiger partial charge is 0.490 e. The van der Waals surface area contributed by atoms with E-state index in [1.165, 1.54) is 19.2 Å². The summed E-state index contributed by atoms with van der Waals surface area (Å²) in [4.78, 5) is 10.1. The Morgan fingerprint density at radius 3 is 2.67 bits per heavy atom. The second kappa shape index (κ2) is 6.37. The number of sulfonamides is 1. The van der Waals surface area contributed by atoms with E-state index in [1.807, 2.05) is 0 Å². The fourth-order valence-corrected chi connectivity index (χ4v) is 2.86. The molecule has 2 rings (SSSR count). The van der Waals surface area contributed by atoms with Crippen LogP contribution in [-0.2, 0) is 10.0 Å². The Kier molecular flexibility index (Phi) is 4.76. The van der Waals surface area contributed by atoms with Gasteiger partial charge in [0.05, 0.1) is 16.9 Å². The normalized spacial score (nSPS) is 14.9. The quantitative estimate of drug-likeness (QED) is 0.413. The number of nitrogens with zero attached hydrogens (tertiary/aromatic N) is 1. The van der Waals surface area contributed by atoms with Crippen LogP contribution in [0.15, 0.2) is 23.1 Å². The van der Waals surface area contributed by atoms with Crippen LogP contribution in [0, 0.1) is 10.1 Å². The lowest BCUT2D eigenvalue weighted by Gasteiger charge is -2.08. The van der Waals surface area contributed by atoms with E-state index in [9.17, 15) is 18.5 Å². The molecule has 0 amide bonds. The van der Waals surface area contributed by atoms with Crippen molar-refractivity contribution in [2.24, 2.45) is 0 Å². The Hall–Kier alpha value is -1.71. The van der Waals surface area contributed by atoms with Crippen molar-refractivity contribution in [3.05, 3.63) is 28.3 Å². The predicted molar refractivity (Wildman–Crippen MR) is 75.9 cm³/mol. The van der Waals surface area contributed by atoms with E-state index in [2.05, 4.69) is 10.0 Å². The Morgan fingerprint density at radius 1 is 1.38 bits per heavy atom. The number of hydrogen-bond donors (Lipinski definition) is 2. The number of rotatable bonds is 8. The van der Waals surface area contributed by atoms with Gasteiger partial charge in [-0.05, 0) is 25.0 Å². The first-order valence-corrected chi connectivity index (χ1v) is 7.98. The average molecular weight is 315 g/mol. The van der Waals surface area contributed by atoms with Gasteiger partial charge < -0.3 is 10.1 Å². The summed E-state index contributed by atoms with van der Waals surface area (Å²) in [7, 11) is -2.48. The molecule has 1 aliphatic carbocycles. The van der Waals surface area contributed by atoms with E-state index in [-0.39, 0.29) is 22.9 Å². The van der Waals surface area contributed by atoms with Crippen molar-refractivity contribution >= 4 is 15.7 Å². The second-order valence-corrected chi connectivity index (χ2v) is 6.48. The second-order valence-electron chi connectivity index (χ2n) is 4.72. The standard InChI is InChI=1S/C12H17N3O5S/c1-20-12-5-4-10(8-11(12)15(16)17)21(18,19)14-7-6-13-9-2-3-9/h4-5,8-9,13-14H,2-3,6-7H2,1H3. The minimum atomic E-state index is -3.77. The van der Waals surface area contributed by atoms with Gasteiger partial charge in [-0.15, -0.1) is 0 Å². The zero-order valence-electron chi connectivity index (χ0n) is 11.5. The molecular weight excluding hydrogens is 298 g/mol. The van der Waals surface area contributed by atoms with E-state index < -0.39 is 14.9 Å². The van der Waals surface area contributed by atoms with Crippen LogP contribution in [0.2, 0.25) is 0 Å². The highest BCUT2D eigenvalue weighted by molar-refractivity contribution is 7.89. The number of benzene rings is 1. The molecule has 8 nitrogen and oxygen atoms in total. The summed E-state index contributed by atoms with van der Waals surface area (Å²) in [6.07, 6.45) is 2.24. The van der Waals surface area contributed by atoms with Gasteiger partial charge in [0.25, 0.3) is 0 Å². The summed E-state index contributed by atoms with van der Waals surface area (Å²) >= 11 is 0. The molecule has 1 fully saturated rings. The van der Waals surface area contributed by atoms with E-state index in [0.717, 1.165) is 18.9 Å². The minimum Gasteiger partial charge on any atom is -0.490 e. The maximum atomic E-state index is 12.1. The topological polar surface area (TPSA) is 111 Å². The molecular formula is C12H17N3O5S. The fourth-order valence-electron chi connectivity index (χ4n) is 1.81. The number of ether oxygens (including phenoxy) is 1. The van der Waals surface area contributed by atoms with Crippen molar-refractivity contribution < 1.29 is 18.1 Å². The number of hydrogen-bond acceptors (Lipinski definition) is 6. The molecule has 9 heteroatoms. The zero-order valence-corrected chi connectivity index (χ0v) is 12.4. The third kappa shape index (κ3) is 4.13. The van der Waals surface area contributed by atoms with Gasteiger partial charge in [0.1, 0.15) is 0 Å². The van der Waals surface area contributed by atoms with Crippen molar-refractivity contribution in [3.8, 4) is 5.75 Å². The first-order chi connectivity index (χ1) is 9.94. The molecule has 0 unspecified atom stereocenters. The highest BCUT2D eigenvalue weighted by Gasteiger charge is 2.22. The fraction of sp³-hybridized carbons (Fsp3) is 0.500. The molecule has 1 aromatic rings.